The molecule has 0 saturated carbocycles. The average molecular weight is 456 g/mol. The molecule has 1 aliphatic rings. The lowest BCUT2D eigenvalue weighted by Crippen LogP contribution is -2.36. The smallest absolute Gasteiger partial charge is 0.243 e. The molecule has 1 atom stereocenters. The van der Waals surface area contributed by atoms with Gasteiger partial charge in [0.15, 0.2) is 0 Å². The van der Waals surface area contributed by atoms with Gasteiger partial charge in [0, 0.05) is 31.2 Å². The topological polar surface area (TPSA) is 95.6 Å². The number of hydrogen-bond donors (Lipinski definition) is 2. The summed E-state index contributed by atoms with van der Waals surface area (Å²) in [4.78, 5) is 24.0. The molecule has 2 N–H and O–H groups in total. The lowest BCUT2D eigenvalue weighted by Gasteiger charge is -2.21. The van der Waals surface area contributed by atoms with E-state index >= 15 is 0 Å². The molecule has 0 bridgehead atoms. The van der Waals surface area contributed by atoms with Crippen molar-refractivity contribution in [1.82, 2.24) is 9.62 Å². The lowest BCUT2D eigenvalue weighted by molar-refractivity contribution is -0.117. The van der Waals surface area contributed by atoms with Gasteiger partial charge in [0.05, 0.1) is 4.90 Å². The second-order valence-corrected chi connectivity index (χ2v) is 9.74. The Kier molecular flexibility index (Phi) is 8.19. The molecule has 1 aliphatic heterocycles. The Labute approximate surface area is 189 Å². The number of amides is 2. The largest absolute Gasteiger partial charge is 0.350 e. The van der Waals surface area contributed by atoms with Crippen LogP contribution in [0.4, 0.5) is 5.69 Å². The Morgan fingerprint density at radius 3 is 2.59 bits per heavy atom. The molecule has 170 valence electrons. The van der Waals surface area contributed by atoms with Gasteiger partial charge in [-0.2, -0.15) is 4.31 Å². The third kappa shape index (κ3) is 6.51. The summed E-state index contributed by atoms with van der Waals surface area (Å²) < 4.78 is 27.8. The summed E-state index contributed by atoms with van der Waals surface area (Å²) in [6.07, 6.45) is 4.04. The summed E-state index contributed by atoms with van der Waals surface area (Å²) in [6, 6.07) is 16.0. The SMILES string of the molecule is C=CC(=O)NC1CCCN(S(=O)(=O)c2cccc(NC(=O)CCc3ccccc3)c2)CC1. The van der Waals surface area contributed by atoms with Crippen LogP contribution in [0.3, 0.4) is 0 Å². The fraction of sp³-hybridized carbons (Fsp3) is 0.333. The maximum absolute atomic E-state index is 13.2. The molecule has 0 aromatic heterocycles. The van der Waals surface area contributed by atoms with Gasteiger partial charge in [0.2, 0.25) is 21.8 Å². The fourth-order valence-electron chi connectivity index (χ4n) is 3.72. The number of carbonyl (C=O) groups is 2. The quantitative estimate of drug-likeness (QED) is 0.598. The Balaban J connectivity index is 1.62. The van der Waals surface area contributed by atoms with Gasteiger partial charge in [-0.05, 0) is 55.5 Å². The Hall–Kier alpha value is -2.97. The van der Waals surface area contributed by atoms with Crippen LogP contribution in [0.15, 0.2) is 72.1 Å². The maximum atomic E-state index is 13.2. The minimum Gasteiger partial charge on any atom is -0.350 e. The van der Waals surface area contributed by atoms with Crippen molar-refractivity contribution in [3.05, 3.63) is 72.8 Å². The standard InChI is InChI=1S/C24H29N3O4S/c1-2-23(28)25-20-11-7-16-27(17-15-20)32(30,31)22-12-6-10-21(18-22)26-24(29)14-13-19-8-4-3-5-9-19/h2-6,8-10,12,18,20H,1,7,11,13-17H2,(H,25,28)(H,26,29). The van der Waals surface area contributed by atoms with Gasteiger partial charge in [0.1, 0.15) is 0 Å². The van der Waals surface area contributed by atoms with E-state index < -0.39 is 10.0 Å². The first kappa shape index (κ1) is 23.7. The van der Waals surface area contributed by atoms with E-state index in [2.05, 4.69) is 17.2 Å². The molecule has 8 heteroatoms. The highest BCUT2D eigenvalue weighted by Crippen LogP contribution is 2.23. The number of rotatable bonds is 8. The minimum absolute atomic E-state index is 0.0732. The second kappa shape index (κ2) is 11.1. The Bertz CT molecular complexity index is 1050. The van der Waals surface area contributed by atoms with Crippen molar-refractivity contribution in [2.24, 2.45) is 0 Å². The van der Waals surface area contributed by atoms with E-state index in [-0.39, 0.29) is 22.8 Å². The first-order chi connectivity index (χ1) is 15.4. The zero-order valence-corrected chi connectivity index (χ0v) is 18.8. The van der Waals surface area contributed by atoms with Gasteiger partial charge in [-0.1, -0.05) is 43.0 Å². The molecule has 2 aromatic carbocycles. The number of anilines is 1. The van der Waals surface area contributed by atoms with Crippen molar-refractivity contribution in [3.63, 3.8) is 0 Å². The summed E-state index contributed by atoms with van der Waals surface area (Å²) in [7, 11) is -3.71. The number of benzene rings is 2. The van der Waals surface area contributed by atoms with E-state index in [0.717, 1.165) is 5.56 Å². The molecule has 32 heavy (non-hydrogen) atoms. The van der Waals surface area contributed by atoms with Gasteiger partial charge < -0.3 is 10.6 Å². The zero-order valence-electron chi connectivity index (χ0n) is 18.0. The highest BCUT2D eigenvalue weighted by molar-refractivity contribution is 7.89. The fourth-order valence-corrected chi connectivity index (χ4v) is 5.26. The van der Waals surface area contributed by atoms with Gasteiger partial charge in [0.25, 0.3) is 0 Å². The predicted octanol–water partition coefficient (Wildman–Crippen LogP) is 3.10. The van der Waals surface area contributed by atoms with Crippen LogP contribution in [-0.4, -0.2) is 43.7 Å². The molecule has 3 rings (SSSR count). The van der Waals surface area contributed by atoms with Gasteiger partial charge in [-0.15, -0.1) is 0 Å². The first-order valence-electron chi connectivity index (χ1n) is 10.8. The summed E-state index contributed by atoms with van der Waals surface area (Å²) in [6.45, 7) is 4.15. The van der Waals surface area contributed by atoms with E-state index in [4.69, 9.17) is 0 Å². The summed E-state index contributed by atoms with van der Waals surface area (Å²) >= 11 is 0. The molecule has 1 saturated heterocycles. The van der Waals surface area contributed by atoms with Crippen LogP contribution in [0.2, 0.25) is 0 Å². The highest BCUT2D eigenvalue weighted by atomic mass is 32.2. The van der Waals surface area contributed by atoms with Crippen molar-refractivity contribution < 1.29 is 18.0 Å². The second-order valence-electron chi connectivity index (χ2n) is 7.81. The minimum atomic E-state index is -3.71. The van der Waals surface area contributed by atoms with E-state index in [1.54, 1.807) is 12.1 Å². The molecular formula is C24H29N3O4S. The van der Waals surface area contributed by atoms with Crippen molar-refractivity contribution in [2.75, 3.05) is 18.4 Å². The number of carbonyl (C=O) groups excluding carboxylic acids is 2. The van der Waals surface area contributed by atoms with Crippen LogP contribution in [0.1, 0.15) is 31.2 Å². The van der Waals surface area contributed by atoms with Crippen molar-refractivity contribution in [2.45, 2.75) is 43.0 Å². The monoisotopic (exact) mass is 455 g/mol. The molecule has 0 aliphatic carbocycles. The third-order valence-electron chi connectivity index (χ3n) is 5.46. The van der Waals surface area contributed by atoms with E-state index in [1.807, 2.05) is 30.3 Å². The average Bonchev–Trinajstić information content (AvgIpc) is 3.04. The molecule has 1 unspecified atom stereocenters. The number of aryl methyl sites for hydroxylation is 1. The molecule has 2 aromatic rings. The molecule has 7 nitrogen and oxygen atoms in total. The van der Waals surface area contributed by atoms with Crippen molar-refractivity contribution in [3.8, 4) is 0 Å². The Morgan fingerprint density at radius 2 is 1.84 bits per heavy atom. The van der Waals surface area contributed by atoms with Crippen LogP contribution in [0.5, 0.6) is 0 Å². The predicted molar refractivity (Wildman–Crippen MR) is 125 cm³/mol. The highest BCUT2D eigenvalue weighted by Gasteiger charge is 2.28. The van der Waals surface area contributed by atoms with E-state index in [9.17, 15) is 18.0 Å². The molecular weight excluding hydrogens is 426 g/mol. The molecule has 1 fully saturated rings. The normalized spacial score (nSPS) is 17.2. The van der Waals surface area contributed by atoms with Crippen LogP contribution < -0.4 is 10.6 Å². The lowest BCUT2D eigenvalue weighted by atomic mass is 10.1. The van der Waals surface area contributed by atoms with Crippen LogP contribution in [0.25, 0.3) is 0 Å². The molecule has 1 heterocycles. The summed E-state index contributed by atoms with van der Waals surface area (Å²) in [5, 5.41) is 5.65. The van der Waals surface area contributed by atoms with Gasteiger partial charge >= 0.3 is 0 Å². The Morgan fingerprint density at radius 1 is 1.06 bits per heavy atom. The van der Waals surface area contributed by atoms with Crippen molar-refractivity contribution in [1.29, 1.82) is 0 Å². The van der Waals surface area contributed by atoms with E-state index in [1.165, 1.54) is 22.5 Å². The molecule has 0 spiro atoms. The summed E-state index contributed by atoms with van der Waals surface area (Å²) in [5.41, 5.74) is 1.53. The summed E-state index contributed by atoms with van der Waals surface area (Å²) in [5.74, 6) is -0.416. The number of nitrogens with one attached hydrogen (secondary N) is 2. The van der Waals surface area contributed by atoms with E-state index in [0.29, 0.717) is 50.9 Å². The number of hydrogen-bond acceptors (Lipinski definition) is 4. The van der Waals surface area contributed by atoms with Crippen LogP contribution in [-0.2, 0) is 26.0 Å². The molecule has 0 radical (unpaired) electrons. The number of nitrogens with zero attached hydrogens (tertiary/aromatic N) is 1. The maximum Gasteiger partial charge on any atom is 0.243 e. The van der Waals surface area contributed by atoms with Crippen LogP contribution in [0, 0.1) is 0 Å². The molecule has 2 amide bonds. The van der Waals surface area contributed by atoms with Gasteiger partial charge in [-0.3, -0.25) is 9.59 Å². The number of sulfonamides is 1. The van der Waals surface area contributed by atoms with Gasteiger partial charge in [-0.25, -0.2) is 8.42 Å². The zero-order chi connectivity index (χ0) is 23.0. The third-order valence-corrected chi connectivity index (χ3v) is 7.35. The first-order valence-corrected chi connectivity index (χ1v) is 12.2. The van der Waals surface area contributed by atoms with Crippen molar-refractivity contribution >= 4 is 27.5 Å². The van der Waals surface area contributed by atoms with Crippen LogP contribution >= 0.6 is 0 Å².